The molecule has 0 unspecified atom stereocenters. The molecule has 0 atom stereocenters. The van der Waals surface area contributed by atoms with Gasteiger partial charge in [0, 0.05) is 38.4 Å². The normalized spacial score (nSPS) is 14.6. The summed E-state index contributed by atoms with van der Waals surface area (Å²) in [5.41, 5.74) is 2.64. The first kappa shape index (κ1) is 20.8. The number of halogens is 2. The molecule has 0 aliphatic carbocycles. The van der Waals surface area contributed by atoms with E-state index in [0.29, 0.717) is 6.54 Å². The zero-order valence-electron chi connectivity index (χ0n) is 15.0. The van der Waals surface area contributed by atoms with E-state index in [4.69, 9.17) is 0 Å². The van der Waals surface area contributed by atoms with Crippen molar-refractivity contribution in [3.63, 3.8) is 0 Å². The summed E-state index contributed by atoms with van der Waals surface area (Å²) in [7, 11) is 0. The lowest BCUT2D eigenvalue weighted by Crippen LogP contribution is -2.47. The second-order valence-corrected chi connectivity index (χ2v) is 4.89. The van der Waals surface area contributed by atoms with Crippen LogP contribution in [0.3, 0.4) is 0 Å². The topological polar surface area (TPSA) is 6.48 Å². The molecule has 2 nitrogen and oxygen atoms in total. The fraction of sp³-hybridized carbons (Fsp3) is 0.667. The molecule has 1 heterocycles. The summed E-state index contributed by atoms with van der Waals surface area (Å²) >= 11 is 0. The molecule has 22 heavy (non-hydrogen) atoms. The van der Waals surface area contributed by atoms with E-state index in [2.05, 4.69) is 9.80 Å². The van der Waals surface area contributed by atoms with Gasteiger partial charge in [0.05, 0.1) is 0 Å². The highest BCUT2D eigenvalue weighted by molar-refractivity contribution is 5.51. The van der Waals surface area contributed by atoms with E-state index in [0.717, 1.165) is 43.0 Å². The Kier molecular flexibility index (Phi) is 10.8. The summed E-state index contributed by atoms with van der Waals surface area (Å²) < 4.78 is 25.9. The van der Waals surface area contributed by atoms with Crippen LogP contribution in [-0.4, -0.2) is 44.3 Å². The lowest BCUT2D eigenvalue weighted by Gasteiger charge is -2.35. The van der Waals surface area contributed by atoms with Gasteiger partial charge >= 0.3 is 0 Å². The Labute approximate surface area is 135 Å². The maximum absolute atomic E-state index is 13.7. The van der Waals surface area contributed by atoms with Crippen LogP contribution in [0.4, 0.5) is 14.5 Å². The monoisotopic (exact) mass is 314 g/mol. The third-order valence-electron chi connectivity index (χ3n) is 3.73. The van der Waals surface area contributed by atoms with Gasteiger partial charge in [-0.15, -0.1) is 0 Å². The Morgan fingerprint density at radius 2 is 1.50 bits per heavy atom. The number of nitrogens with zero attached hydrogens (tertiary/aromatic N) is 2. The summed E-state index contributed by atoms with van der Waals surface area (Å²) in [4.78, 5) is 4.28. The van der Waals surface area contributed by atoms with Crippen LogP contribution in [-0.2, 0) is 0 Å². The molecule has 0 bridgehead atoms. The van der Waals surface area contributed by atoms with Crippen molar-refractivity contribution in [1.29, 1.82) is 0 Å². The molecule has 1 aromatic carbocycles. The standard InChI is InChI=1S/C14H20F2N2.2C2H6/c1-11-9-13(10-14(16)12(11)2)18-7-5-17(4-3-15)6-8-18;2*1-2/h9-10H,3-8H2,1-2H3;2*1-2H3. The van der Waals surface area contributed by atoms with Gasteiger partial charge in [0.2, 0.25) is 0 Å². The molecule has 0 aromatic heterocycles. The van der Waals surface area contributed by atoms with Gasteiger partial charge in [-0.05, 0) is 37.1 Å². The first-order valence-corrected chi connectivity index (χ1v) is 8.42. The Morgan fingerprint density at radius 3 is 1.95 bits per heavy atom. The summed E-state index contributed by atoms with van der Waals surface area (Å²) in [5, 5.41) is 0. The second kappa shape index (κ2) is 11.4. The summed E-state index contributed by atoms with van der Waals surface area (Å²) in [6.45, 7) is 15.3. The lowest BCUT2D eigenvalue weighted by molar-refractivity contribution is 0.235. The third kappa shape index (κ3) is 5.91. The molecule has 4 heteroatoms. The van der Waals surface area contributed by atoms with Gasteiger partial charge in [-0.3, -0.25) is 4.90 Å². The number of hydrogen-bond acceptors (Lipinski definition) is 2. The van der Waals surface area contributed by atoms with Crippen molar-refractivity contribution in [2.45, 2.75) is 41.5 Å². The number of anilines is 1. The average Bonchev–Trinajstić information content (AvgIpc) is 2.57. The van der Waals surface area contributed by atoms with Gasteiger partial charge in [0.1, 0.15) is 12.5 Å². The molecule has 0 N–H and O–H groups in total. The van der Waals surface area contributed by atoms with Crippen LogP contribution in [0.15, 0.2) is 12.1 Å². The minimum atomic E-state index is -0.293. The van der Waals surface area contributed by atoms with E-state index in [1.54, 1.807) is 13.0 Å². The lowest BCUT2D eigenvalue weighted by atomic mass is 10.1. The molecule has 0 spiro atoms. The molecule has 1 aromatic rings. The number of benzene rings is 1. The van der Waals surface area contributed by atoms with E-state index in [1.807, 2.05) is 40.7 Å². The zero-order valence-corrected chi connectivity index (χ0v) is 15.0. The summed E-state index contributed by atoms with van der Waals surface area (Å²) in [5.74, 6) is -0.142. The van der Waals surface area contributed by atoms with Crippen LogP contribution in [0.25, 0.3) is 0 Å². The van der Waals surface area contributed by atoms with Crippen molar-refractivity contribution in [3.05, 3.63) is 29.1 Å². The largest absolute Gasteiger partial charge is 0.369 e. The van der Waals surface area contributed by atoms with Gasteiger partial charge in [-0.2, -0.15) is 0 Å². The van der Waals surface area contributed by atoms with E-state index < -0.39 is 0 Å². The fourth-order valence-electron chi connectivity index (χ4n) is 2.33. The Balaban J connectivity index is 0.00000102. The smallest absolute Gasteiger partial charge is 0.128 e. The highest BCUT2D eigenvalue weighted by atomic mass is 19.1. The van der Waals surface area contributed by atoms with E-state index in [9.17, 15) is 8.78 Å². The highest BCUT2D eigenvalue weighted by Gasteiger charge is 2.18. The number of rotatable bonds is 3. The van der Waals surface area contributed by atoms with Crippen molar-refractivity contribution in [2.24, 2.45) is 0 Å². The highest BCUT2D eigenvalue weighted by Crippen LogP contribution is 2.23. The molecular formula is C18H32F2N2. The second-order valence-electron chi connectivity index (χ2n) is 4.89. The minimum Gasteiger partial charge on any atom is -0.369 e. The first-order valence-electron chi connectivity index (χ1n) is 8.42. The van der Waals surface area contributed by atoms with Crippen molar-refractivity contribution >= 4 is 5.69 Å². The summed E-state index contributed by atoms with van der Waals surface area (Å²) in [6.07, 6.45) is 0. The van der Waals surface area contributed by atoms with E-state index in [-0.39, 0.29) is 12.5 Å². The molecule has 2 rings (SSSR count). The molecule has 1 saturated heterocycles. The first-order chi connectivity index (χ1) is 10.6. The van der Waals surface area contributed by atoms with Crippen molar-refractivity contribution < 1.29 is 8.78 Å². The molecule has 1 aliphatic rings. The molecule has 0 saturated carbocycles. The number of aryl methyl sites for hydroxylation is 1. The Morgan fingerprint density at radius 1 is 0.955 bits per heavy atom. The molecule has 128 valence electrons. The predicted molar refractivity (Wildman–Crippen MR) is 93.2 cm³/mol. The molecule has 0 radical (unpaired) electrons. The van der Waals surface area contributed by atoms with Crippen LogP contribution in [0.5, 0.6) is 0 Å². The van der Waals surface area contributed by atoms with Crippen molar-refractivity contribution in [2.75, 3.05) is 44.3 Å². The minimum absolute atomic E-state index is 0.142. The summed E-state index contributed by atoms with van der Waals surface area (Å²) in [6, 6.07) is 3.64. The SMILES string of the molecule is CC.CC.Cc1cc(N2CCN(CCF)CC2)cc(F)c1C. The number of alkyl halides is 1. The maximum atomic E-state index is 13.7. The van der Waals surface area contributed by atoms with Crippen LogP contribution in [0.2, 0.25) is 0 Å². The van der Waals surface area contributed by atoms with Gasteiger partial charge in [0.15, 0.2) is 0 Å². The quantitative estimate of drug-likeness (QED) is 0.805. The fourth-order valence-corrected chi connectivity index (χ4v) is 2.33. The number of hydrogen-bond donors (Lipinski definition) is 0. The van der Waals surface area contributed by atoms with Crippen molar-refractivity contribution in [3.8, 4) is 0 Å². The van der Waals surface area contributed by atoms with Crippen LogP contribution >= 0.6 is 0 Å². The van der Waals surface area contributed by atoms with Crippen LogP contribution in [0, 0.1) is 19.7 Å². The van der Waals surface area contributed by atoms with E-state index in [1.165, 1.54) is 0 Å². The molecule has 1 fully saturated rings. The van der Waals surface area contributed by atoms with Gasteiger partial charge in [-0.1, -0.05) is 27.7 Å². The number of piperazine rings is 1. The third-order valence-corrected chi connectivity index (χ3v) is 3.73. The zero-order chi connectivity index (χ0) is 17.1. The predicted octanol–water partition coefficient (Wildman–Crippen LogP) is 4.59. The van der Waals surface area contributed by atoms with Crippen LogP contribution < -0.4 is 4.90 Å². The molecular weight excluding hydrogens is 282 g/mol. The Hall–Kier alpha value is -1.16. The Bertz CT molecular complexity index is 391. The van der Waals surface area contributed by atoms with Gasteiger partial charge < -0.3 is 4.90 Å². The van der Waals surface area contributed by atoms with Crippen LogP contribution in [0.1, 0.15) is 38.8 Å². The van der Waals surface area contributed by atoms with E-state index >= 15 is 0 Å². The average molecular weight is 314 g/mol. The maximum Gasteiger partial charge on any atom is 0.128 e. The molecule has 1 aliphatic heterocycles. The van der Waals surface area contributed by atoms with Crippen molar-refractivity contribution in [1.82, 2.24) is 4.90 Å². The van der Waals surface area contributed by atoms with Gasteiger partial charge in [0.25, 0.3) is 0 Å². The molecule has 0 amide bonds. The van der Waals surface area contributed by atoms with Gasteiger partial charge in [-0.25, -0.2) is 8.78 Å².